The van der Waals surface area contributed by atoms with Gasteiger partial charge in [-0.1, -0.05) is 161 Å². The molecule has 279 valence electrons. The average molecular weight is 919 g/mol. The fourth-order valence-corrected chi connectivity index (χ4v) is 10.0. The van der Waals surface area contributed by atoms with Crippen molar-refractivity contribution in [3.8, 4) is 66.9 Å². The molecular formula is C56H40IrN-. The van der Waals surface area contributed by atoms with Gasteiger partial charge in [0.05, 0.1) is 5.41 Å². The van der Waals surface area contributed by atoms with Crippen LogP contribution in [0, 0.1) is 33.8 Å². The second kappa shape index (κ2) is 13.7. The van der Waals surface area contributed by atoms with Gasteiger partial charge in [0.25, 0.3) is 0 Å². The van der Waals surface area contributed by atoms with Crippen molar-refractivity contribution < 1.29 is 20.1 Å². The molecule has 0 fully saturated rings. The zero-order chi connectivity index (χ0) is 38.4. The molecule has 0 amide bonds. The fraction of sp³-hybridized carbons (Fsp3) is 0.0893. The van der Waals surface area contributed by atoms with Crippen LogP contribution in [0.3, 0.4) is 0 Å². The van der Waals surface area contributed by atoms with Crippen LogP contribution >= 0.6 is 0 Å². The average Bonchev–Trinajstić information content (AvgIpc) is 3.68. The predicted molar refractivity (Wildman–Crippen MR) is 238 cm³/mol. The van der Waals surface area contributed by atoms with E-state index >= 15 is 0 Å². The monoisotopic (exact) mass is 919 g/mol. The molecule has 1 aromatic heterocycles. The molecule has 0 aliphatic heterocycles. The quantitative estimate of drug-likeness (QED) is 0.160. The number of rotatable bonds is 4. The van der Waals surface area contributed by atoms with Crippen molar-refractivity contribution in [1.82, 2.24) is 4.98 Å². The van der Waals surface area contributed by atoms with Gasteiger partial charge in [0.2, 0.25) is 0 Å². The molecule has 0 N–H and O–H groups in total. The third kappa shape index (κ3) is 5.58. The van der Waals surface area contributed by atoms with Gasteiger partial charge in [-0.15, -0.1) is 29.3 Å². The first-order valence-electron chi connectivity index (χ1n) is 19.9. The first-order valence-corrected chi connectivity index (χ1v) is 19.9. The van der Waals surface area contributed by atoms with E-state index in [1.54, 1.807) is 0 Å². The van der Waals surface area contributed by atoms with E-state index < -0.39 is 5.41 Å². The molecule has 11 rings (SSSR count). The molecule has 1 radical (unpaired) electrons. The van der Waals surface area contributed by atoms with Gasteiger partial charge < -0.3 is 4.98 Å². The molecule has 8 aromatic carbocycles. The number of pyridine rings is 1. The Morgan fingerprint density at radius 2 is 0.879 bits per heavy atom. The summed E-state index contributed by atoms with van der Waals surface area (Å²) < 4.78 is 0. The van der Waals surface area contributed by atoms with Gasteiger partial charge in [-0.25, -0.2) is 0 Å². The second-order valence-corrected chi connectivity index (χ2v) is 16.2. The maximum Gasteiger partial charge on any atom is 0.0550 e. The Labute approximate surface area is 354 Å². The van der Waals surface area contributed by atoms with E-state index in [4.69, 9.17) is 4.98 Å². The molecule has 0 unspecified atom stereocenters. The molecule has 1 spiro atoms. The van der Waals surface area contributed by atoms with Crippen molar-refractivity contribution >= 4 is 10.8 Å². The second-order valence-electron chi connectivity index (χ2n) is 16.2. The molecule has 9 aromatic rings. The van der Waals surface area contributed by atoms with Crippen LogP contribution in [0.25, 0.3) is 77.7 Å². The van der Waals surface area contributed by atoms with Gasteiger partial charge in [-0.2, -0.15) is 0 Å². The summed E-state index contributed by atoms with van der Waals surface area (Å²) >= 11 is 0. The van der Waals surface area contributed by atoms with Crippen LogP contribution < -0.4 is 0 Å². The summed E-state index contributed by atoms with van der Waals surface area (Å²) in [5.41, 5.74) is 24.1. The Morgan fingerprint density at radius 3 is 1.43 bits per heavy atom. The zero-order valence-electron chi connectivity index (χ0n) is 32.9. The van der Waals surface area contributed by atoms with Gasteiger partial charge >= 0.3 is 0 Å². The van der Waals surface area contributed by atoms with Crippen molar-refractivity contribution in [1.29, 1.82) is 0 Å². The Hall–Kier alpha value is -6.18. The Kier molecular flexibility index (Phi) is 8.57. The van der Waals surface area contributed by atoms with E-state index in [0.717, 1.165) is 22.4 Å². The fourth-order valence-electron chi connectivity index (χ4n) is 10.0. The molecule has 0 atom stereocenters. The van der Waals surface area contributed by atoms with E-state index in [0.29, 0.717) is 0 Å². The number of hydrogen-bond acceptors (Lipinski definition) is 1. The van der Waals surface area contributed by atoms with Crippen molar-refractivity contribution in [3.63, 3.8) is 0 Å². The number of aromatic nitrogens is 1. The van der Waals surface area contributed by atoms with Gasteiger partial charge in [0.15, 0.2) is 0 Å². The molecule has 1 nitrogen and oxygen atoms in total. The third-order valence-electron chi connectivity index (χ3n) is 12.3. The zero-order valence-corrected chi connectivity index (χ0v) is 35.3. The van der Waals surface area contributed by atoms with E-state index in [1.807, 2.05) is 6.20 Å². The number of aryl methyl sites for hydroxylation is 4. The van der Waals surface area contributed by atoms with E-state index in [-0.39, 0.29) is 20.1 Å². The molecular weight excluding hydrogens is 879 g/mol. The van der Waals surface area contributed by atoms with Crippen LogP contribution in [0.2, 0.25) is 0 Å². The minimum absolute atomic E-state index is 0. The summed E-state index contributed by atoms with van der Waals surface area (Å²) in [4.78, 5) is 5.18. The summed E-state index contributed by atoms with van der Waals surface area (Å²) in [7, 11) is 0. The summed E-state index contributed by atoms with van der Waals surface area (Å²) in [5.74, 6) is 0. The van der Waals surface area contributed by atoms with E-state index in [9.17, 15) is 0 Å². The van der Waals surface area contributed by atoms with E-state index in [2.05, 4.69) is 198 Å². The summed E-state index contributed by atoms with van der Waals surface area (Å²) in [6.45, 7) is 8.71. The number of hydrogen-bond donors (Lipinski definition) is 0. The molecule has 58 heavy (non-hydrogen) atoms. The summed E-state index contributed by atoms with van der Waals surface area (Å²) in [6, 6.07) is 64.9. The maximum atomic E-state index is 5.18. The number of nitrogens with zero attached hydrogens (tertiary/aromatic N) is 1. The SMILES string of the molecule is Cc1cc(C)cc(-c2cc(-c3ccc(-c4[c-]cc5c(c4)C4(c6ccccc6-c6ccccc64)c4cc6ccccc6cc4-5)nc3)cc(-c3cc(C)cc(C)c3)c2)c1.[Ir]. The topological polar surface area (TPSA) is 12.9 Å². The molecule has 1 heterocycles. The third-order valence-corrected chi connectivity index (χ3v) is 12.3. The normalized spacial score (nSPS) is 12.8. The summed E-state index contributed by atoms with van der Waals surface area (Å²) in [5, 5.41) is 2.51. The van der Waals surface area contributed by atoms with Crippen molar-refractivity contribution in [2.75, 3.05) is 0 Å². The molecule has 2 aliphatic rings. The standard InChI is InChI=1S/C56H40N.Ir/c1-34-21-35(2)24-42(23-34)45-27-44(28-46(29-45)43-25-36(3)22-37(4)26-43)41-18-20-55(57-33-41)40-17-19-49-50-30-38-11-5-6-12-39(38)31-54(50)56(53(49)32-40)51-15-9-7-13-47(51)48-14-8-10-16-52(48)56;/h5-16,18-33H,1-4H3;/q-1;. The van der Waals surface area contributed by atoms with Gasteiger partial charge in [-0.05, 0) is 130 Å². The summed E-state index contributed by atoms with van der Waals surface area (Å²) in [6.07, 6.45) is 2.04. The van der Waals surface area contributed by atoms with Crippen LogP contribution in [0.4, 0.5) is 0 Å². The minimum atomic E-state index is -0.440. The predicted octanol–water partition coefficient (Wildman–Crippen LogP) is 14.3. The minimum Gasteiger partial charge on any atom is -0.304 e. The van der Waals surface area contributed by atoms with Gasteiger partial charge in [-0.3, -0.25) is 0 Å². The first kappa shape index (κ1) is 36.2. The first-order chi connectivity index (χ1) is 27.8. The largest absolute Gasteiger partial charge is 0.304 e. The molecule has 0 saturated carbocycles. The van der Waals surface area contributed by atoms with Crippen LogP contribution in [0.15, 0.2) is 170 Å². The number of fused-ring (bicyclic) bond motifs is 11. The Bertz CT molecular complexity index is 2960. The van der Waals surface area contributed by atoms with Crippen LogP contribution in [-0.2, 0) is 25.5 Å². The van der Waals surface area contributed by atoms with Crippen molar-refractivity contribution in [3.05, 3.63) is 221 Å². The maximum absolute atomic E-state index is 5.18. The molecule has 2 heteroatoms. The van der Waals surface area contributed by atoms with Crippen molar-refractivity contribution in [2.45, 2.75) is 33.1 Å². The van der Waals surface area contributed by atoms with E-state index in [1.165, 1.54) is 99.8 Å². The van der Waals surface area contributed by atoms with Gasteiger partial charge in [0, 0.05) is 26.3 Å². The van der Waals surface area contributed by atoms with Gasteiger partial charge in [0.1, 0.15) is 0 Å². The van der Waals surface area contributed by atoms with Crippen molar-refractivity contribution in [2.24, 2.45) is 0 Å². The Morgan fingerprint density at radius 1 is 0.397 bits per heavy atom. The number of benzene rings is 8. The smallest absolute Gasteiger partial charge is 0.0550 e. The van der Waals surface area contributed by atoms with Crippen LogP contribution in [0.1, 0.15) is 44.5 Å². The van der Waals surface area contributed by atoms with Crippen LogP contribution in [0.5, 0.6) is 0 Å². The van der Waals surface area contributed by atoms with Crippen LogP contribution in [-0.4, -0.2) is 4.98 Å². The Balaban J connectivity index is 0.00000408. The molecule has 2 aliphatic carbocycles. The molecule has 0 saturated heterocycles. The molecule has 0 bridgehead atoms.